The summed E-state index contributed by atoms with van der Waals surface area (Å²) in [7, 11) is 3.91. The average Bonchev–Trinajstić information content (AvgIpc) is 2.72. The molecule has 3 rings (SSSR count). The summed E-state index contributed by atoms with van der Waals surface area (Å²) in [4.78, 5) is 29.6. The molecule has 0 radical (unpaired) electrons. The standard InChI is InChI=1S/C20H36N4O4/c1-23-8-10-27-13-17(23)19(25)21-12-16(15-6-4-3-5-7-15)22-20(26)18-14-28-11-9-24(18)2/h15-18H,3-14H2,1-2H3,(H,21,25)(H,22,26). The first kappa shape index (κ1) is 21.5. The molecule has 2 amide bonds. The van der Waals surface area contributed by atoms with Gasteiger partial charge in [0.15, 0.2) is 0 Å². The lowest BCUT2D eigenvalue weighted by Gasteiger charge is -2.36. The number of nitrogens with zero attached hydrogens (tertiary/aromatic N) is 2. The Morgan fingerprint density at radius 2 is 1.50 bits per heavy atom. The fourth-order valence-corrected chi connectivity index (χ4v) is 4.40. The SMILES string of the molecule is CN1CCOCC1C(=O)NCC(NC(=O)C1COCCN1C)C1CCCCC1. The van der Waals surface area contributed by atoms with Crippen molar-refractivity contribution in [2.75, 3.05) is 60.2 Å². The van der Waals surface area contributed by atoms with Crippen molar-refractivity contribution in [1.82, 2.24) is 20.4 Å². The quantitative estimate of drug-likeness (QED) is 0.649. The summed E-state index contributed by atoms with van der Waals surface area (Å²) >= 11 is 0. The summed E-state index contributed by atoms with van der Waals surface area (Å²) < 4.78 is 11.0. The maximum Gasteiger partial charge on any atom is 0.240 e. The second kappa shape index (κ2) is 10.5. The van der Waals surface area contributed by atoms with E-state index in [4.69, 9.17) is 9.47 Å². The number of carbonyl (C=O) groups is 2. The van der Waals surface area contributed by atoms with Gasteiger partial charge in [-0.2, -0.15) is 0 Å². The minimum absolute atomic E-state index is 0.00476. The summed E-state index contributed by atoms with van der Waals surface area (Å²) in [6, 6.07) is -0.551. The molecule has 8 heteroatoms. The zero-order valence-corrected chi connectivity index (χ0v) is 17.3. The Bertz CT molecular complexity index is 526. The molecule has 0 aromatic carbocycles. The van der Waals surface area contributed by atoms with Crippen LogP contribution in [-0.2, 0) is 19.1 Å². The normalized spacial score (nSPS) is 29.2. The van der Waals surface area contributed by atoms with Crippen LogP contribution in [0.25, 0.3) is 0 Å². The first-order valence-corrected chi connectivity index (χ1v) is 10.7. The van der Waals surface area contributed by atoms with Gasteiger partial charge in [-0.3, -0.25) is 19.4 Å². The van der Waals surface area contributed by atoms with Crippen LogP contribution in [0, 0.1) is 5.92 Å². The number of likely N-dealkylation sites (N-methyl/N-ethyl adjacent to an activating group) is 2. The largest absolute Gasteiger partial charge is 0.378 e. The third-order valence-electron chi connectivity index (χ3n) is 6.44. The second-order valence-corrected chi connectivity index (χ2v) is 8.40. The minimum Gasteiger partial charge on any atom is -0.378 e. The summed E-state index contributed by atoms with van der Waals surface area (Å²) in [5.74, 6) is 0.397. The molecule has 0 aromatic heterocycles. The zero-order valence-electron chi connectivity index (χ0n) is 17.3. The molecule has 2 saturated heterocycles. The number of carbonyl (C=O) groups excluding carboxylic acids is 2. The topological polar surface area (TPSA) is 83.1 Å². The first-order valence-electron chi connectivity index (χ1n) is 10.7. The number of nitrogens with one attached hydrogen (secondary N) is 2. The Morgan fingerprint density at radius 3 is 2.07 bits per heavy atom. The molecular weight excluding hydrogens is 360 g/mol. The number of morpholine rings is 2. The van der Waals surface area contributed by atoms with Crippen molar-refractivity contribution in [2.45, 2.75) is 50.2 Å². The lowest BCUT2D eigenvalue weighted by molar-refractivity contribution is -0.134. The summed E-state index contributed by atoms with van der Waals surface area (Å²) in [5.41, 5.74) is 0. The molecule has 1 aliphatic carbocycles. The number of rotatable bonds is 6. The molecule has 2 heterocycles. The van der Waals surface area contributed by atoms with E-state index in [-0.39, 0.29) is 29.9 Å². The van der Waals surface area contributed by atoms with Gasteiger partial charge in [0.25, 0.3) is 0 Å². The van der Waals surface area contributed by atoms with Crippen molar-refractivity contribution in [3.63, 3.8) is 0 Å². The molecule has 3 fully saturated rings. The molecule has 0 bridgehead atoms. The number of amides is 2. The Hall–Kier alpha value is -1.22. The van der Waals surface area contributed by atoms with Crippen LogP contribution in [0.3, 0.4) is 0 Å². The van der Waals surface area contributed by atoms with Crippen molar-refractivity contribution in [3.8, 4) is 0 Å². The minimum atomic E-state index is -0.256. The van der Waals surface area contributed by atoms with Crippen molar-refractivity contribution >= 4 is 11.8 Å². The van der Waals surface area contributed by atoms with Crippen LogP contribution in [0.2, 0.25) is 0 Å². The maximum absolute atomic E-state index is 12.9. The van der Waals surface area contributed by atoms with Crippen LogP contribution < -0.4 is 10.6 Å². The predicted molar refractivity (Wildman–Crippen MR) is 106 cm³/mol. The van der Waals surface area contributed by atoms with Gasteiger partial charge in [-0.25, -0.2) is 0 Å². The van der Waals surface area contributed by atoms with E-state index in [9.17, 15) is 9.59 Å². The van der Waals surface area contributed by atoms with Crippen molar-refractivity contribution < 1.29 is 19.1 Å². The van der Waals surface area contributed by atoms with E-state index in [2.05, 4.69) is 10.6 Å². The van der Waals surface area contributed by atoms with Gasteiger partial charge >= 0.3 is 0 Å². The fraction of sp³-hybridized carbons (Fsp3) is 0.900. The van der Waals surface area contributed by atoms with Crippen molar-refractivity contribution in [2.24, 2.45) is 5.92 Å². The van der Waals surface area contributed by atoms with Gasteiger partial charge in [0, 0.05) is 25.7 Å². The van der Waals surface area contributed by atoms with Gasteiger partial charge < -0.3 is 20.1 Å². The van der Waals surface area contributed by atoms with Crippen LogP contribution >= 0.6 is 0 Å². The summed E-state index contributed by atoms with van der Waals surface area (Å²) in [5, 5.41) is 6.32. The highest BCUT2D eigenvalue weighted by atomic mass is 16.5. The molecule has 1 saturated carbocycles. The van der Waals surface area contributed by atoms with Crippen molar-refractivity contribution in [1.29, 1.82) is 0 Å². The molecule has 8 nitrogen and oxygen atoms in total. The van der Waals surface area contributed by atoms with Gasteiger partial charge in [-0.1, -0.05) is 19.3 Å². The maximum atomic E-state index is 12.9. The number of ether oxygens (including phenoxy) is 2. The Morgan fingerprint density at radius 1 is 0.929 bits per heavy atom. The Balaban J connectivity index is 1.58. The average molecular weight is 397 g/mol. The van der Waals surface area contributed by atoms with Crippen molar-refractivity contribution in [3.05, 3.63) is 0 Å². The van der Waals surface area contributed by atoms with Crippen LogP contribution in [-0.4, -0.2) is 99.9 Å². The lowest BCUT2D eigenvalue weighted by atomic mass is 9.83. The third kappa shape index (κ3) is 5.65. The summed E-state index contributed by atoms with van der Waals surface area (Å²) in [6.07, 6.45) is 5.84. The second-order valence-electron chi connectivity index (χ2n) is 8.40. The molecular formula is C20H36N4O4. The highest BCUT2D eigenvalue weighted by molar-refractivity contribution is 5.83. The van der Waals surface area contributed by atoms with E-state index >= 15 is 0 Å². The van der Waals surface area contributed by atoms with Gasteiger partial charge in [0.05, 0.1) is 26.4 Å². The molecule has 3 unspecified atom stereocenters. The van der Waals surface area contributed by atoms with Crippen LogP contribution in [0.4, 0.5) is 0 Å². The lowest BCUT2D eigenvalue weighted by Crippen LogP contribution is -2.58. The van der Waals surface area contributed by atoms with E-state index in [0.29, 0.717) is 38.9 Å². The van der Waals surface area contributed by atoms with Gasteiger partial charge in [0.1, 0.15) is 12.1 Å². The zero-order chi connectivity index (χ0) is 19.9. The van der Waals surface area contributed by atoms with E-state index in [0.717, 1.165) is 25.9 Å². The molecule has 0 spiro atoms. The smallest absolute Gasteiger partial charge is 0.240 e. The highest BCUT2D eigenvalue weighted by Gasteiger charge is 2.33. The molecule has 3 atom stereocenters. The molecule has 3 aliphatic rings. The monoisotopic (exact) mass is 396 g/mol. The Kier molecular flexibility index (Phi) is 8.08. The fourth-order valence-electron chi connectivity index (χ4n) is 4.40. The van der Waals surface area contributed by atoms with Crippen LogP contribution in [0.1, 0.15) is 32.1 Å². The molecule has 0 aromatic rings. The summed E-state index contributed by atoms with van der Waals surface area (Å²) in [6.45, 7) is 4.17. The molecule has 2 aliphatic heterocycles. The van der Waals surface area contributed by atoms with Gasteiger partial charge in [0.2, 0.25) is 11.8 Å². The number of hydrogen-bond acceptors (Lipinski definition) is 6. The van der Waals surface area contributed by atoms with Crippen LogP contribution in [0.15, 0.2) is 0 Å². The van der Waals surface area contributed by atoms with E-state index in [1.165, 1.54) is 19.3 Å². The van der Waals surface area contributed by atoms with E-state index < -0.39 is 0 Å². The van der Waals surface area contributed by atoms with Gasteiger partial charge in [-0.15, -0.1) is 0 Å². The molecule has 160 valence electrons. The third-order valence-corrected chi connectivity index (χ3v) is 6.44. The molecule has 28 heavy (non-hydrogen) atoms. The predicted octanol–water partition coefficient (Wildman–Crippen LogP) is -0.171. The van der Waals surface area contributed by atoms with E-state index in [1.807, 2.05) is 23.9 Å². The first-order chi connectivity index (χ1) is 13.6. The van der Waals surface area contributed by atoms with Crippen LogP contribution in [0.5, 0.6) is 0 Å². The van der Waals surface area contributed by atoms with E-state index in [1.54, 1.807) is 0 Å². The van der Waals surface area contributed by atoms with Gasteiger partial charge in [-0.05, 0) is 32.9 Å². The number of hydrogen-bond donors (Lipinski definition) is 2. The molecule has 2 N–H and O–H groups in total. The Labute approximate surface area is 168 Å². The highest BCUT2D eigenvalue weighted by Crippen LogP contribution is 2.26.